The molecule has 0 spiro atoms. The largest absolute Gasteiger partial charge is 0.478 e. The van der Waals surface area contributed by atoms with Crippen molar-refractivity contribution in [1.29, 1.82) is 0 Å². The fraction of sp³-hybridized carbons (Fsp3) is 0.765. The Hall–Kier alpha value is -1.44. The van der Waals surface area contributed by atoms with Gasteiger partial charge in [-0.15, -0.1) is 0 Å². The first kappa shape index (κ1) is 17.4. The Morgan fingerprint density at radius 2 is 1.79 bits per heavy atom. The topological polar surface area (TPSA) is 82.0 Å². The van der Waals surface area contributed by atoms with E-state index in [4.69, 9.17) is 4.74 Å². The summed E-state index contributed by atoms with van der Waals surface area (Å²) in [5.74, 6) is 2.41. The van der Waals surface area contributed by atoms with Crippen LogP contribution in [0, 0.1) is 17.8 Å². The van der Waals surface area contributed by atoms with Gasteiger partial charge in [-0.25, -0.2) is 9.97 Å². The molecule has 2 aliphatic heterocycles. The normalized spacial score (nSPS) is 26.0. The van der Waals surface area contributed by atoms with Crippen molar-refractivity contribution in [2.75, 3.05) is 57.9 Å². The average molecular weight is 336 g/mol. The number of piperidine rings is 1. The van der Waals surface area contributed by atoms with E-state index in [1.54, 1.807) is 19.5 Å². The molecule has 0 unspecified atom stereocenters. The van der Waals surface area contributed by atoms with Crippen molar-refractivity contribution in [3.63, 3.8) is 0 Å². The summed E-state index contributed by atoms with van der Waals surface area (Å²) in [6, 6.07) is 0. The van der Waals surface area contributed by atoms with Gasteiger partial charge in [0.15, 0.2) is 5.82 Å². The molecule has 0 aliphatic carbocycles. The molecule has 0 amide bonds. The number of methoxy groups -OCH3 is 1. The first-order valence-electron chi connectivity index (χ1n) is 8.79. The molecule has 7 heteroatoms. The minimum atomic E-state index is 0.191. The van der Waals surface area contributed by atoms with Crippen LogP contribution in [0.5, 0.6) is 5.88 Å². The van der Waals surface area contributed by atoms with Crippen LogP contribution in [0.2, 0.25) is 0 Å². The summed E-state index contributed by atoms with van der Waals surface area (Å²) < 4.78 is 5.32. The first-order valence-corrected chi connectivity index (χ1v) is 8.79. The van der Waals surface area contributed by atoms with Crippen molar-refractivity contribution in [2.45, 2.75) is 12.8 Å². The molecule has 7 nitrogen and oxygen atoms in total. The monoisotopic (exact) mass is 336 g/mol. The quantitative estimate of drug-likeness (QED) is 0.770. The predicted molar refractivity (Wildman–Crippen MR) is 91.1 cm³/mol. The Labute approximate surface area is 143 Å². The lowest BCUT2D eigenvalue weighted by Gasteiger charge is -2.33. The molecule has 1 aromatic heterocycles. The molecule has 0 aromatic carbocycles. The lowest BCUT2D eigenvalue weighted by molar-refractivity contribution is 0.106. The fourth-order valence-electron chi connectivity index (χ4n) is 3.89. The second-order valence-corrected chi connectivity index (χ2v) is 6.92. The number of aliphatic hydroxyl groups excluding tert-OH is 2. The Morgan fingerprint density at radius 3 is 2.46 bits per heavy atom. The molecule has 2 N–H and O–H groups in total. The van der Waals surface area contributed by atoms with Gasteiger partial charge < -0.3 is 24.7 Å². The van der Waals surface area contributed by atoms with Gasteiger partial charge in [0, 0.05) is 51.2 Å². The molecule has 2 atom stereocenters. The summed E-state index contributed by atoms with van der Waals surface area (Å²) in [6.07, 6.45) is 5.44. The van der Waals surface area contributed by atoms with Crippen LogP contribution >= 0.6 is 0 Å². The summed E-state index contributed by atoms with van der Waals surface area (Å²) in [7, 11) is 1.61. The van der Waals surface area contributed by atoms with Gasteiger partial charge in [-0.05, 0) is 37.8 Å². The van der Waals surface area contributed by atoms with E-state index < -0.39 is 0 Å². The zero-order chi connectivity index (χ0) is 16.9. The summed E-state index contributed by atoms with van der Waals surface area (Å²) in [6.45, 7) is 5.20. The molecule has 0 bridgehead atoms. The second-order valence-electron chi connectivity index (χ2n) is 6.92. The van der Waals surface area contributed by atoms with E-state index in [0.29, 0.717) is 24.3 Å². The van der Waals surface area contributed by atoms with Crippen LogP contribution in [-0.2, 0) is 0 Å². The number of ether oxygens (including phenoxy) is 1. The zero-order valence-electron chi connectivity index (χ0n) is 14.3. The molecule has 134 valence electrons. The van der Waals surface area contributed by atoms with Gasteiger partial charge >= 0.3 is 0 Å². The van der Waals surface area contributed by atoms with Crippen molar-refractivity contribution in [2.24, 2.45) is 17.8 Å². The number of aliphatic hydroxyl groups is 2. The summed E-state index contributed by atoms with van der Waals surface area (Å²) in [5, 5.41) is 19.1. The van der Waals surface area contributed by atoms with Crippen LogP contribution in [0.25, 0.3) is 0 Å². The van der Waals surface area contributed by atoms with Crippen LogP contribution in [0.4, 0.5) is 5.82 Å². The maximum atomic E-state index is 9.79. The third kappa shape index (κ3) is 3.79. The Bertz CT molecular complexity index is 522. The first-order chi connectivity index (χ1) is 11.7. The van der Waals surface area contributed by atoms with E-state index in [2.05, 4.69) is 19.8 Å². The van der Waals surface area contributed by atoms with Crippen molar-refractivity contribution in [3.05, 3.63) is 12.4 Å². The van der Waals surface area contributed by atoms with E-state index in [1.165, 1.54) is 0 Å². The Morgan fingerprint density at radius 1 is 1.08 bits per heavy atom. The Balaban J connectivity index is 1.62. The van der Waals surface area contributed by atoms with Crippen LogP contribution in [0.15, 0.2) is 12.4 Å². The van der Waals surface area contributed by atoms with Crippen LogP contribution in [-0.4, -0.2) is 78.1 Å². The van der Waals surface area contributed by atoms with Crippen LogP contribution in [0.1, 0.15) is 12.8 Å². The van der Waals surface area contributed by atoms with Gasteiger partial charge in [-0.3, -0.25) is 0 Å². The molecular formula is C17H28N4O3. The number of likely N-dealkylation sites (tertiary alicyclic amines) is 1. The van der Waals surface area contributed by atoms with Crippen molar-refractivity contribution in [3.8, 4) is 5.88 Å². The summed E-state index contributed by atoms with van der Waals surface area (Å²) in [4.78, 5) is 13.3. The smallest absolute Gasteiger partial charge is 0.257 e. The minimum Gasteiger partial charge on any atom is -0.478 e. The van der Waals surface area contributed by atoms with Gasteiger partial charge in [-0.2, -0.15) is 0 Å². The molecule has 1 aromatic rings. The highest BCUT2D eigenvalue weighted by atomic mass is 16.5. The van der Waals surface area contributed by atoms with Gasteiger partial charge in [-0.1, -0.05) is 0 Å². The van der Waals surface area contributed by atoms with Crippen molar-refractivity contribution in [1.82, 2.24) is 14.9 Å². The molecule has 0 saturated carbocycles. The molecule has 3 rings (SSSR count). The van der Waals surface area contributed by atoms with Crippen molar-refractivity contribution >= 4 is 5.82 Å². The van der Waals surface area contributed by atoms with Crippen LogP contribution in [0.3, 0.4) is 0 Å². The molecule has 3 heterocycles. The maximum Gasteiger partial charge on any atom is 0.257 e. The molecule has 2 aliphatic rings. The fourth-order valence-corrected chi connectivity index (χ4v) is 3.89. The van der Waals surface area contributed by atoms with Gasteiger partial charge in [0.25, 0.3) is 5.88 Å². The third-order valence-corrected chi connectivity index (χ3v) is 5.41. The number of hydrogen-bond acceptors (Lipinski definition) is 7. The van der Waals surface area contributed by atoms with E-state index in [0.717, 1.165) is 51.4 Å². The highest BCUT2D eigenvalue weighted by Gasteiger charge is 2.36. The van der Waals surface area contributed by atoms with Crippen molar-refractivity contribution < 1.29 is 14.9 Å². The Kier molecular flexibility index (Phi) is 5.86. The highest BCUT2D eigenvalue weighted by molar-refractivity contribution is 5.49. The summed E-state index contributed by atoms with van der Waals surface area (Å²) >= 11 is 0. The third-order valence-electron chi connectivity index (χ3n) is 5.41. The van der Waals surface area contributed by atoms with E-state index >= 15 is 0 Å². The molecule has 2 saturated heterocycles. The van der Waals surface area contributed by atoms with Gasteiger partial charge in [0.2, 0.25) is 0 Å². The second kappa shape index (κ2) is 8.09. The van der Waals surface area contributed by atoms with Crippen LogP contribution < -0.4 is 9.64 Å². The number of anilines is 1. The maximum absolute atomic E-state index is 9.79. The van der Waals surface area contributed by atoms with E-state index in [9.17, 15) is 10.2 Å². The lowest BCUT2D eigenvalue weighted by Crippen LogP contribution is -2.40. The summed E-state index contributed by atoms with van der Waals surface area (Å²) in [5.41, 5.74) is 0. The zero-order valence-corrected chi connectivity index (χ0v) is 14.3. The molecule has 0 radical (unpaired) electrons. The highest BCUT2D eigenvalue weighted by Crippen LogP contribution is 2.32. The number of rotatable bonds is 6. The number of aromatic nitrogens is 2. The average Bonchev–Trinajstić information content (AvgIpc) is 3.05. The number of hydrogen-bond donors (Lipinski definition) is 2. The SMILES string of the molecule is COc1nccnc1N1C[C@@H](CN2CCC(CO)CC2)[C@@H](CO)C1. The molecular weight excluding hydrogens is 308 g/mol. The molecule has 2 fully saturated rings. The van der Waals surface area contributed by atoms with Gasteiger partial charge in [0.05, 0.1) is 7.11 Å². The standard InChI is InChI=1S/C17H28N4O3/c1-24-17-16(18-4-5-19-17)21-9-14(15(10-21)12-23)8-20-6-2-13(11-22)3-7-20/h4-5,13-15,22-23H,2-3,6-12H2,1H3/t14-,15-/m1/s1. The lowest BCUT2D eigenvalue weighted by atomic mass is 9.93. The predicted octanol–water partition coefficient (Wildman–Crippen LogP) is 0.234. The van der Waals surface area contributed by atoms with E-state index in [1.807, 2.05) is 0 Å². The molecule has 24 heavy (non-hydrogen) atoms. The van der Waals surface area contributed by atoms with E-state index in [-0.39, 0.29) is 12.5 Å². The minimum absolute atomic E-state index is 0.191. The van der Waals surface area contributed by atoms with Gasteiger partial charge in [0.1, 0.15) is 0 Å². The number of nitrogens with zero attached hydrogens (tertiary/aromatic N) is 4.